The van der Waals surface area contributed by atoms with Crippen molar-refractivity contribution in [1.82, 2.24) is 9.80 Å². The molecule has 0 saturated carbocycles. The van der Waals surface area contributed by atoms with E-state index in [0.29, 0.717) is 0 Å². The number of unbranched alkanes of at least 4 members (excludes halogenated alkanes) is 1. The number of carboxylic acids is 2. The van der Waals surface area contributed by atoms with Crippen molar-refractivity contribution in [3.63, 3.8) is 0 Å². The molecule has 1 saturated heterocycles. The zero-order valence-corrected chi connectivity index (χ0v) is 18.5. The van der Waals surface area contributed by atoms with Crippen LogP contribution in [-0.2, 0) is 15.0 Å². The molecule has 164 valence electrons. The van der Waals surface area contributed by atoms with Gasteiger partial charge >= 0.3 is 11.9 Å². The highest BCUT2D eigenvalue weighted by molar-refractivity contribution is 6.30. The molecule has 8 heteroatoms. The van der Waals surface area contributed by atoms with Crippen molar-refractivity contribution in [3.05, 3.63) is 28.8 Å². The van der Waals surface area contributed by atoms with Crippen LogP contribution in [0.1, 0.15) is 39.2 Å². The number of likely N-dealkylation sites (N-methyl/N-ethyl adjacent to an activating group) is 1. The zero-order chi connectivity index (χ0) is 22.0. The summed E-state index contributed by atoms with van der Waals surface area (Å²) in [7, 11) is 2.20. The van der Waals surface area contributed by atoms with Crippen LogP contribution in [0.15, 0.2) is 18.2 Å². The van der Waals surface area contributed by atoms with Gasteiger partial charge in [-0.1, -0.05) is 32.4 Å². The monoisotopic (exact) mass is 428 g/mol. The standard InChI is InChI=1S/C19H31ClN2O.C2H2O4/c1-19(2,3)17-15-16(20)7-8-18(17)23-14-6-5-9-22-12-10-21(4)11-13-22;3-1(4)2(5)6/h7-8,15H,5-6,9-14H2,1-4H3;(H,3,4)(H,5,6). The number of halogens is 1. The lowest BCUT2D eigenvalue weighted by molar-refractivity contribution is -0.159. The molecular formula is C21H33ClN2O5. The first-order valence-electron chi connectivity index (χ1n) is 9.80. The Labute approximate surface area is 178 Å². The van der Waals surface area contributed by atoms with Gasteiger partial charge in [0.2, 0.25) is 0 Å². The number of aliphatic carboxylic acids is 2. The van der Waals surface area contributed by atoms with Crippen LogP contribution in [0.25, 0.3) is 0 Å². The van der Waals surface area contributed by atoms with Crippen LogP contribution in [0.2, 0.25) is 5.02 Å². The molecule has 0 aliphatic carbocycles. The molecule has 0 amide bonds. The van der Waals surface area contributed by atoms with Crippen LogP contribution in [0.4, 0.5) is 0 Å². The lowest BCUT2D eigenvalue weighted by atomic mass is 9.86. The number of piperazine rings is 1. The van der Waals surface area contributed by atoms with Gasteiger partial charge in [0, 0.05) is 36.8 Å². The summed E-state index contributed by atoms with van der Waals surface area (Å²) in [6, 6.07) is 5.95. The van der Waals surface area contributed by atoms with Gasteiger partial charge in [0.1, 0.15) is 5.75 Å². The smallest absolute Gasteiger partial charge is 0.414 e. The summed E-state index contributed by atoms with van der Waals surface area (Å²) in [5.41, 5.74) is 1.23. The van der Waals surface area contributed by atoms with Gasteiger partial charge in [-0.3, -0.25) is 0 Å². The summed E-state index contributed by atoms with van der Waals surface area (Å²) >= 11 is 6.14. The fourth-order valence-electron chi connectivity index (χ4n) is 2.91. The number of benzene rings is 1. The third kappa shape index (κ3) is 9.96. The van der Waals surface area contributed by atoms with Gasteiger partial charge in [0.25, 0.3) is 0 Å². The Kier molecular flexibility index (Phi) is 10.4. The predicted octanol–water partition coefficient (Wildman–Crippen LogP) is 3.20. The van der Waals surface area contributed by atoms with Crippen LogP contribution in [0.5, 0.6) is 5.75 Å². The third-order valence-electron chi connectivity index (χ3n) is 4.65. The molecule has 1 aliphatic rings. The summed E-state index contributed by atoms with van der Waals surface area (Å²) in [6.07, 6.45) is 2.29. The maximum Gasteiger partial charge on any atom is 0.414 e. The highest BCUT2D eigenvalue weighted by atomic mass is 35.5. The van der Waals surface area contributed by atoms with Crippen molar-refractivity contribution in [2.24, 2.45) is 0 Å². The fourth-order valence-corrected chi connectivity index (χ4v) is 3.08. The molecule has 1 heterocycles. The summed E-state index contributed by atoms with van der Waals surface area (Å²) < 4.78 is 6.04. The Morgan fingerprint density at radius 2 is 1.66 bits per heavy atom. The second-order valence-corrected chi connectivity index (χ2v) is 8.64. The SMILES string of the molecule is CN1CCN(CCCCOc2ccc(Cl)cc2C(C)(C)C)CC1.O=C(O)C(=O)O. The topological polar surface area (TPSA) is 90.3 Å². The minimum Gasteiger partial charge on any atom is -0.493 e. The Morgan fingerprint density at radius 1 is 1.07 bits per heavy atom. The molecule has 0 bridgehead atoms. The Balaban J connectivity index is 0.000000612. The van der Waals surface area contributed by atoms with Crippen molar-refractivity contribution in [3.8, 4) is 5.75 Å². The maximum atomic E-state index is 9.10. The van der Waals surface area contributed by atoms with Crippen molar-refractivity contribution in [2.45, 2.75) is 39.0 Å². The Morgan fingerprint density at radius 3 is 2.17 bits per heavy atom. The second kappa shape index (κ2) is 12.0. The van der Waals surface area contributed by atoms with Gasteiger partial charge in [0.15, 0.2) is 0 Å². The molecular weight excluding hydrogens is 396 g/mol. The molecule has 1 fully saturated rings. The molecule has 1 aromatic rings. The van der Waals surface area contributed by atoms with Crippen molar-refractivity contribution >= 4 is 23.5 Å². The molecule has 0 spiro atoms. The fraction of sp³-hybridized carbons (Fsp3) is 0.619. The van der Waals surface area contributed by atoms with Crippen LogP contribution in [0.3, 0.4) is 0 Å². The van der Waals surface area contributed by atoms with Gasteiger partial charge in [-0.15, -0.1) is 0 Å². The third-order valence-corrected chi connectivity index (χ3v) is 4.89. The molecule has 0 aromatic heterocycles. The van der Waals surface area contributed by atoms with Crippen LogP contribution >= 0.6 is 11.6 Å². The van der Waals surface area contributed by atoms with Crippen LogP contribution in [0, 0.1) is 0 Å². The lowest BCUT2D eigenvalue weighted by Crippen LogP contribution is -2.44. The Bertz CT molecular complexity index is 656. The Hall–Kier alpha value is -1.83. The van der Waals surface area contributed by atoms with E-state index in [0.717, 1.165) is 23.8 Å². The lowest BCUT2D eigenvalue weighted by Gasteiger charge is -2.32. The molecule has 1 aliphatic heterocycles. The number of nitrogens with zero attached hydrogens (tertiary/aromatic N) is 2. The van der Waals surface area contributed by atoms with Gasteiger partial charge in [-0.2, -0.15) is 0 Å². The van der Waals surface area contributed by atoms with E-state index in [9.17, 15) is 0 Å². The number of carbonyl (C=O) groups is 2. The van der Waals surface area contributed by atoms with Crippen molar-refractivity contribution in [1.29, 1.82) is 0 Å². The predicted molar refractivity (Wildman–Crippen MR) is 114 cm³/mol. The zero-order valence-electron chi connectivity index (χ0n) is 17.8. The van der Waals surface area contributed by atoms with E-state index in [-0.39, 0.29) is 5.41 Å². The average Bonchev–Trinajstić information content (AvgIpc) is 2.63. The number of rotatable bonds is 6. The quantitative estimate of drug-likeness (QED) is 0.531. The number of ether oxygens (including phenoxy) is 1. The van der Waals surface area contributed by atoms with E-state index in [1.807, 2.05) is 18.2 Å². The maximum absolute atomic E-state index is 9.10. The van der Waals surface area contributed by atoms with E-state index in [1.54, 1.807) is 0 Å². The van der Waals surface area contributed by atoms with Gasteiger partial charge in [-0.05, 0) is 50.0 Å². The van der Waals surface area contributed by atoms with E-state index >= 15 is 0 Å². The van der Waals surface area contributed by atoms with Gasteiger partial charge < -0.3 is 24.7 Å². The highest BCUT2D eigenvalue weighted by Gasteiger charge is 2.19. The number of carboxylic acid groups (broad SMARTS) is 2. The number of hydrogen-bond donors (Lipinski definition) is 2. The first-order valence-corrected chi connectivity index (χ1v) is 10.2. The van der Waals surface area contributed by atoms with Crippen molar-refractivity contribution in [2.75, 3.05) is 46.4 Å². The van der Waals surface area contributed by atoms with Gasteiger partial charge in [0.05, 0.1) is 6.61 Å². The van der Waals surface area contributed by atoms with Crippen molar-refractivity contribution < 1.29 is 24.5 Å². The summed E-state index contributed by atoms with van der Waals surface area (Å²) in [6.45, 7) is 13.3. The van der Waals surface area contributed by atoms with E-state index in [2.05, 4.69) is 37.6 Å². The first kappa shape index (κ1) is 25.2. The molecule has 29 heavy (non-hydrogen) atoms. The van der Waals surface area contributed by atoms with E-state index < -0.39 is 11.9 Å². The molecule has 1 aromatic carbocycles. The second-order valence-electron chi connectivity index (χ2n) is 8.20. The molecule has 7 nitrogen and oxygen atoms in total. The molecule has 2 N–H and O–H groups in total. The summed E-state index contributed by atoms with van der Waals surface area (Å²) in [4.78, 5) is 23.2. The van der Waals surface area contributed by atoms with Crippen LogP contribution < -0.4 is 4.74 Å². The van der Waals surface area contributed by atoms with Crippen LogP contribution in [-0.4, -0.2) is 78.3 Å². The van der Waals surface area contributed by atoms with Gasteiger partial charge in [-0.25, -0.2) is 9.59 Å². The molecule has 0 radical (unpaired) electrons. The normalized spacial score (nSPS) is 15.3. The summed E-state index contributed by atoms with van der Waals surface area (Å²) in [5, 5.41) is 15.6. The molecule has 0 atom stereocenters. The first-order chi connectivity index (χ1) is 13.5. The van der Waals surface area contributed by atoms with E-state index in [1.165, 1.54) is 44.7 Å². The summed E-state index contributed by atoms with van der Waals surface area (Å²) in [5.74, 6) is -2.67. The average molecular weight is 429 g/mol. The largest absolute Gasteiger partial charge is 0.493 e. The minimum atomic E-state index is -1.82. The minimum absolute atomic E-state index is 0.0417. The highest BCUT2D eigenvalue weighted by Crippen LogP contribution is 2.33. The molecule has 0 unspecified atom stereocenters. The molecule has 2 rings (SSSR count). The number of hydrogen-bond acceptors (Lipinski definition) is 5. The van der Waals surface area contributed by atoms with E-state index in [4.69, 9.17) is 36.1 Å².